The van der Waals surface area contributed by atoms with Crippen LogP contribution in [0.25, 0.3) is 0 Å². The van der Waals surface area contributed by atoms with Crippen molar-refractivity contribution in [2.45, 2.75) is 12.5 Å². The molecular weight excluding hydrogens is 244 g/mol. The van der Waals surface area contributed by atoms with Crippen molar-refractivity contribution < 1.29 is 19.4 Å². The highest BCUT2D eigenvalue weighted by molar-refractivity contribution is 7.99. The van der Waals surface area contributed by atoms with Gasteiger partial charge in [-0.1, -0.05) is 0 Å². The number of carboxylic acids is 1. The first-order valence-corrected chi connectivity index (χ1v) is 6.76. The smallest absolute Gasteiger partial charge is 0.327 e. The van der Waals surface area contributed by atoms with Gasteiger partial charge in [-0.3, -0.25) is 0 Å². The quantitative estimate of drug-likeness (QED) is 0.757. The maximum absolute atomic E-state index is 11.8. The zero-order chi connectivity index (χ0) is 12.3. The van der Waals surface area contributed by atoms with Crippen molar-refractivity contribution in [2.24, 2.45) is 5.92 Å². The third-order valence-electron chi connectivity index (χ3n) is 2.99. The standard InChI is InChI=1S/C10H16N2O4S/c13-9(14)8-5-17-6-12(8)10(15)11-3-7-1-2-16-4-7/h7-8H,1-6H2,(H,11,15)(H,13,14). The molecule has 6 nitrogen and oxygen atoms in total. The Bertz CT molecular complexity index is 307. The number of rotatable bonds is 3. The Labute approximate surface area is 104 Å². The average molecular weight is 260 g/mol. The molecule has 2 amide bonds. The lowest BCUT2D eigenvalue weighted by molar-refractivity contribution is -0.140. The molecule has 17 heavy (non-hydrogen) atoms. The summed E-state index contributed by atoms with van der Waals surface area (Å²) in [4.78, 5) is 24.1. The molecule has 2 N–H and O–H groups in total. The Balaban J connectivity index is 1.80. The molecule has 2 aliphatic rings. The van der Waals surface area contributed by atoms with E-state index in [1.807, 2.05) is 0 Å². The van der Waals surface area contributed by atoms with Crippen LogP contribution in [0.4, 0.5) is 4.79 Å². The van der Waals surface area contributed by atoms with E-state index in [1.165, 1.54) is 16.7 Å². The molecule has 2 fully saturated rings. The van der Waals surface area contributed by atoms with Gasteiger partial charge < -0.3 is 20.1 Å². The van der Waals surface area contributed by atoms with E-state index in [2.05, 4.69) is 5.32 Å². The van der Waals surface area contributed by atoms with Crippen molar-refractivity contribution in [3.8, 4) is 0 Å². The van der Waals surface area contributed by atoms with Gasteiger partial charge in [0.25, 0.3) is 0 Å². The third kappa shape index (κ3) is 3.04. The number of carboxylic acid groups (broad SMARTS) is 1. The predicted octanol–water partition coefficient (Wildman–Crippen LogP) is 0.192. The lowest BCUT2D eigenvalue weighted by Gasteiger charge is -2.21. The van der Waals surface area contributed by atoms with Gasteiger partial charge in [-0.15, -0.1) is 11.8 Å². The fourth-order valence-corrected chi connectivity index (χ4v) is 3.07. The van der Waals surface area contributed by atoms with E-state index in [9.17, 15) is 9.59 Å². The number of nitrogens with zero attached hydrogens (tertiary/aromatic N) is 1. The van der Waals surface area contributed by atoms with E-state index in [0.29, 0.717) is 30.7 Å². The molecule has 0 spiro atoms. The molecular formula is C10H16N2O4S. The second-order valence-corrected chi connectivity index (χ2v) is 5.24. The molecule has 2 aliphatic heterocycles. The number of nitrogens with one attached hydrogen (secondary N) is 1. The van der Waals surface area contributed by atoms with Gasteiger partial charge >= 0.3 is 12.0 Å². The molecule has 0 aromatic carbocycles. The second kappa shape index (κ2) is 5.59. The zero-order valence-corrected chi connectivity index (χ0v) is 10.2. The van der Waals surface area contributed by atoms with Crippen LogP contribution in [0.2, 0.25) is 0 Å². The van der Waals surface area contributed by atoms with Gasteiger partial charge in [0.05, 0.1) is 12.5 Å². The zero-order valence-electron chi connectivity index (χ0n) is 9.42. The molecule has 2 atom stereocenters. The molecule has 0 radical (unpaired) electrons. The SMILES string of the molecule is O=C(O)C1CSCN1C(=O)NCC1CCOC1. The van der Waals surface area contributed by atoms with E-state index in [1.54, 1.807) is 0 Å². The Morgan fingerprint density at radius 2 is 2.35 bits per heavy atom. The van der Waals surface area contributed by atoms with Crippen molar-refractivity contribution in [1.29, 1.82) is 0 Å². The van der Waals surface area contributed by atoms with E-state index in [-0.39, 0.29) is 6.03 Å². The van der Waals surface area contributed by atoms with Gasteiger partial charge in [-0.2, -0.15) is 0 Å². The molecule has 0 bridgehead atoms. The van der Waals surface area contributed by atoms with Crippen LogP contribution >= 0.6 is 11.8 Å². The fraction of sp³-hybridized carbons (Fsp3) is 0.800. The maximum atomic E-state index is 11.8. The molecule has 7 heteroatoms. The van der Waals surface area contributed by atoms with Crippen molar-refractivity contribution in [2.75, 3.05) is 31.4 Å². The van der Waals surface area contributed by atoms with Crippen LogP contribution in [-0.4, -0.2) is 59.4 Å². The lowest BCUT2D eigenvalue weighted by Crippen LogP contribution is -2.47. The number of aliphatic carboxylic acids is 1. The van der Waals surface area contributed by atoms with Gasteiger partial charge in [0.15, 0.2) is 0 Å². The third-order valence-corrected chi connectivity index (χ3v) is 4.01. The molecule has 2 heterocycles. The molecule has 2 saturated heterocycles. The van der Waals surface area contributed by atoms with Crippen LogP contribution in [0.15, 0.2) is 0 Å². The molecule has 0 saturated carbocycles. The maximum Gasteiger partial charge on any atom is 0.327 e. The van der Waals surface area contributed by atoms with Gasteiger partial charge in [-0.25, -0.2) is 9.59 Å². The Hall–Kier alpha value is -0.950. The number of amides is 2. The summed E-state index contributed by atoms with van der Waals surface area (Å²) in [6.45, 7) is 1.99. The molecule has 96 valence electrons. The number of hydrogen-bond donors (Lipinski definition) is 2. The van der Waals surface area contributed by atoms with Crippen molar-refractivity contribution in [3.63, 3.8) is 0 Å². The van der Waals surface area contributed by atoms with E-state index < -0.39 is 12.0 Å². The number of urea groups is 1. The Morgan fingerprint density at radius 3 is 3.00 bits per heavy atom. The first-order valence-electron chi connectivity index (χ1n) is 5.61. The minimum atomic E-state index is -0.936. The van der Waals surface area contributed by atoms with Crippen LogP contribution in [0, 0.1) is 5.92 Å². The summed E-state index contributed by atoms with van der Waals surface area (Å²) < 4.78 is 5.21. The number of ether oxygens (including phenoxy) is 1. The predicted molar refractivity (Wildman–Crippen MR) is 62.9 cm³/mol. The van der Waals surface area contributed by atoms with Gasteiger partial charge in [0, 0.05) is 24.8 Å². The van der Waals surface area contributed by atoms with Gasteiger partial charge in [-0.05, 0) is 6.42 Å². The minimum Gasteiger partial charge on any atom is -0.480 e. The van der Waals surface area contributed by atoms with Gasteiger partial charge in [0.2, 0.25) is 0 Å². The monoisotopic (exact) mass is 260 g/mol. The summed E-state index contributed by atoms with van der Waals surface area (Å²) in [7, 11) is 0. The lowest BCUT2D eigenvalue weighted by atomic mass is 10.1. The molecule has 2 unspecified atom stereocenters. The first-order chi connectivity index (χ1) is 8.18. The number of carbonyl (C=O) groups excluding carboxylic acids is 1. The van der Waals surface area contributed by atoms with Crippen molar-refractivity contribution in [1.82, 2.24) is 10.2 Å². The molecule has 2 rings (SSSR count). The minimum absolute atomic E-state index is 0.283. The fourth-order valence-electron chi connectivity index (χ4n) is 1.92. The molecule has 0 aliphatic carbocycles. The second-order valence-electron chi connectivity index (χ2n) is 4.24. The van der Waals surface area contributed by atoms with Crippen LogP contribution in [0.5, 0.6) is 0 Å². The van der Waals surface area contributed by atoms with Crippen LogP contribution < -0.4 is 5.32 Å². The largest absolute Gasteiger partial charge is 0.480 e. The Morgan fingerprint density at radius 1 is 1.53 bits per heavy atom. The van der Waals surface area contributed by atoms with Crippen molar-refractivity contribution >= 4 is 23.8 Å². The summed E-state index contributed by atoms with van der Waals surface area (Å²) >= 11 is 1.46. The summed E-state index contributed by atoms with van der Waals surface area (Å²) in [6.07, 6.45) is 0.956. The molecule has 0 aromatic heterocycles. The highest BCUT2D eigenvalue weighted by Gasteiger charge is 2.34. The Kier molecular flexibility index (Phi) is 4.11. The normalized spacial score (nSPS) is 28.4. The van der Waals surface area contributed by atoms with Crippen LogP contribution in [-0.2, 0) is 9.53 Å². The van der Waals surface area contributed by atoms with Crippen molar-refractivity contribution in [3.05, 3.63) is 0 Å². The number of hydrogen-bond acceptors (Lipinski definition) is 4. The summed E-state index contributed by atoms with van der Waals surface area (Å²) in [6, 6.07) is -0.978. The van der Waals surface area contributed by atoms with Crippen LogP contribution in [0.3, 0.4) is 0 Å². The highest BCUT2D eigenvalue weighted by atomic mass is 32.2. The van der Waals surface area contributed by atoms with Crippen LogP contribution in [0.1, 0.15) is 6.42 Å². The first kappa shape index (κ1) is 12.5. The topological polar surface area (TPSA) is 78.9 Å². The summed E-state index contributed by atoms with van der Waals surface area (Å²) in [5, 5.41) is 11.7. The molecule has 0 aromatic rings. The van der Waals surface area contributed by atoms with E-state index >= 15 is 0 Å². The highest BCUT2D eigenvalue weighted by Crippen LogP contribution is 2.21. The summed E-state index contributed by atoms with van der Waals surface area (Å²) in [5.41, 5.74) is 0. The van der Waals surface area contributed by atoms with Gasteiger partial charge in [0.1, 0.15) is 6.04 Å². The van der Waals surface area contributed by atoms with E-state index in [0.717, 1.165) is 13.0 Å². The summed E-state index contributed by atoms with van der Waals surface area (Å²) in [5.74, 6) is 0.339. The average Bonchev–Trinajstić information content (AvgIpc) is 2.96. The number of thioether (sulfide) groups is 1. The number of carbonyl (C=O) groups is 2. The van der Waals surface area contributed by atoms with E-state index in [4.69, 9.17) is 9.84 Å².